The van der Waals surface area contributed by atoms with Gasteiger partial charge < -0.3 is 25.4 Å². The van der Waals surface area contributed by atoms with Crippen molar-refractivity contribution in [1.82, 2.24) is 15.5 Å². The number of rotatable bonds is 11. The molecule has 0 saturated heterocycles. The molecule has 3 N–H and O–H groups in total. The smallest absolute Gasteiger partial charge is 0.408 e. The number of phenols is 1. The first-order valence-electron chi connectivity index (χ1n) is 11.3. The molecule has 1 unspecified atom stereocenters. The van der Waals surface area contributed by atoms with Gasteiger partial charge in [-0.3, -0.25) is 9.59 Å². The third-order valence-electron chi connectivity index (χ3n) is 4.74. The number of hydrogen-bond donors (Lipinski definition) is 3. The lowest BCUT2D eigenvalue weighted by Gasteiger charge is -2.31. The number of carbonyl (C=O) groups excluding carboxylic acids is 3. The van der Waals surface area contributed by atoms with Crippen molar-refractivity contribution in [2.75, 3.05) is 19.6 Å². The van der Waals surface area contributed by atoms with Gasteiger partial charge in [0.25, 0.3) is 0 Å². The van der Waals surface area contributed by atoms with E-state index in [1.165, 1.54) is 11.0 Å². The van der Waals surface area contributed by atoms with E-state index in [2.05, 4.69) is 17.6 Å². The molecule has 0 aromatic heterocycles. The fraction of sp³-hybridized carbons (Fsp3) is 0.625. The van der Waals surface area contributed by atoms with Gasteiger partial charge in [0.1, 0.15) is 23.9 Å². The van der Waals surface area contributed by atoms with E-state index in [4.69, 9.17) is 4.74 Å². The minimum atomic E-state index is -0.871. The summed E-state index contributed by atoms with van der Waals surface area (Å²) in [6, 6.07) is 4.01. The van der Waals surface area contributed by atoms with Crippen molar-refractivity contribution in [3.8, 4) is 5.75 Å². The fourth-order valence-corrected chi connectivity index (χ4v) is 3.21. The van der Waals surface area contributed by atoms with Crippen molar-refractivity contribution in [2.45, 2.75) is 78.9 Å². The maximum Gasteiger partial charge on any atom is 0.408 e. The zero-order chi connectivity index (χ0) is 24.3. The van der Waals surface area contributed by atoms with Crippen molar-refractivity contribution in [3.05, 3.63) is 29.3 Å². The standard InChI is InChI=1S/C24H39N3O5/c1-7-9-10-13-25-22(30)21(18-11-12-19(28)17(3)15-18)27(14-8-2)20(29)16-26-23(31)32-24(4,5)6/h11-12,15,21,28H,7-10,13-14,16H2,1-6H3,(H,25,30)(H,26,31). The summed E-state index contributed by atoms with van der Waals surface area (Å²) in [5.74, 6) is -0.557. The highest BCUT2D eigenvalue weighted by Crippen LogP contribution is 2.26. The number of nitrogens with one attached hydrogen (secondary N) is 2. The Bertz CT molecular complexity index is 773. The van der Waals surface area contributed by atoms with Gasteiger partial charge in [-0.05, 0) is 63.8 Å². The lowest BCUT2D eigenvalue weighted by molar-refractivity contribution is -0.140. The van der Waals surface area contributed by atoms with Crippen LogP contribution in [0.4, 0.5) is 4.79 Å². The van der Waals surface area contributed by atoms with Gasteiger partial charge in [-0.25, -0.2) is 4.79 Å². The SMILES string of the molecule is CCCCCNC(=O)C(c1ccc(O)c(C)c1)N(CCC)C(=O)CNC(=O)OC(C)(C)C. The lowest BCUT2D eigenvalue weighted by Crippen LogP contribution is -2.48. The van der Waals surface area contributed by atoms with Crippen LogP contribution in [0.15, 0.2) is 18.2 Å². The summed E-state index contributed by atoms with van der Waals surface area (Å²) in [7, 11) is 0. The Morgan fingerprint density at radius 2 is 1.78 bits per heavy atom. The van der Waals surface area contributed by atoms with Crippen LogP contribution in [0.5, 0.6) is 5.75 Å². The summed E-state index contributed by atoms with van der Waals surface area (Å²) in [4.78, 5) is 39.7. The molecule has 0 aliphatic heterocycles. The Morgan fingerprint density at radius 3 is 2.34 bits per heavy atom. The maximum atomic E-state index is 13.2. The van der Waals surface area contributed by atoms with Gasteiger partial charge in [-0.15, -0.1) is 0 Å². The highest BCUT2D eigenvalue weighted by Gasteiger charge is 2.31. The molecule has 0 heterocycles. The van der Waals surface area contributed by atoms with E-state index in [0.29, 0.717) is 30.6 Å². The van der Waals surface area contributed by atoms with E-state index in [0.717, 1.165) is 19.3 Å². The quantitative estimate of drug-likeness (QED) is 0.445. The van der Waals surface area contributed by atoms with Crippen LogP contribution in [-0.2, 0) is 14.3 Å². The first-order valence-corrected chi connectivity index (χ1v) is 11.3. The number of aryl methyl sites for hydroxylation is 1. The number of amides is 3. The number of alkyl carbamates (subject to hydrolysis) is 1. The number of benzene rings is 1. The van der Waals surface area contributed by atoms with Crippen molar-refractivity contribution in [1.29, 1.82) is 0 Å². The van der Waals surface area contributed by atoms with Gasteiger partial charge >= 0.3 is 6.09 Å². The molecular weight excluding hydrogens is 410 g/mol. The number of ether oxygens (including phenoxy) is 1. The molecule has 1 atom stereocenters. The molecule has 0 radical (unpaired) electrons. The summed E-state index contributed by atoms with van der Waals surface area (Å²) in [6.07, 6.45) is 2.83. The number of carbonyl (C=O) groups is 3. The maximum absolute atomic E-state index is 13.2. The second-order valence-corrected chi connectivity index (χ2v) is 8.89. The highest BCUT2D eigenvalue weighted by atomic mass is 16.6. The molecule has 1 rings (SSSR count). The average Bonchev–Trinajstić information content (AvgIpc) is 2.70. The van der Waals surface area contributed by atoms with Crippen LogP contribution >= 0.6 is 0 Å². The monoisotopic (exact) mass is 449 g/mol. The molecule has 1 aromatic carbocycles. The Labute approximate surface area is 191 Å². The molecule has 1 aromatic rings. The number of nitrogens with zero attached hydrogens (tertiary/aromatic N) is 1. The normalized spacial score (nSPS) is 12.1. The summed E-state index contributed by atoms with van der Waals surface area (Å²) >= 11 is 0. The predicted molar refractivity (Wildman–Crippen MR) is 124 cm³/mol. The van der Waals surface area contributed by atoms with Gasteiger partial charge in [0.2, 0.25) is 11.8 Å². The van der Waals surface area contributed by atoms with Crippen LogP contribution in [0, 0.1) is 6.92 Å². The minimum absolute atomic E-state index is 0.121. The van der Waals surface area contributed by atoms with Crippen LogP contribution in [0.2, 0.25) is 0 Å². The molecule has 0 spiro atoms. The van der Waals surface area contributed by atoms with Crippen molar-refractivity contribution in [3.63, 3.8) is 0 Å². The Morgan fingerprint density at radius 1 is 1.09 bits per heavy atom. The molecular formula is C24H39N3O5. The number of phenolic OH excluding ortho intramolecular Hbond substituents is 1. The largest absolute Gasteiger partial charge is 0.508 e. The van der Waals surface area contributed by atoms with E-state index in [-0.39, 0.29) is 18.2 Å². The predicted octanol–water partition coefficient (Wildman–Crippen LogP) is 3.81. The molecule has 32 heavy (non-hydrogen) atoms. The molecule has 180 valence electrons. The van der Waals surface area contributed by atoms with Gasteiger partial charge in [0.15, 0.2) is 0 Å². The first kappa shape index (κ1) is 27.3. The van der Waals surface area contributed by atoms with E-state index >= 15 is 0 Å². The Kier molecular flexibility index (Phi) is 11.0. The molecule has 0 saturated carbocycles. The molecule has 0 fully saturated rings. The van der Waals surface area contributed by atoms with Crippen LogP contribution in [0.1, 0.15) is 77.5 Å². The van der Waals surface area contributed by atoms with Crippen LogP contribution in [0.3, 0.4) is 0 Å². The van der Waals surface area contributed by atoms with E-state index in [9.17, 15) is 19.5 Å². The molecule has 0 aliphatic carbocycles. The topological polar surface area (TPSA) is 108 Å². The molecule has 8 nitrogen and oxygen atoms in total. The van der Waals surface area contributed by atoms with Gasteiger partial charge in [-0.2, -0.15) is 0 Å². The minimum Gasteiger partial charge on any atom is -0.508 e. The zero-order valence-electron chi connectivity index (χ0n) is 20.3. The molecule has 0 bridgehead atoms. The zero-order valence-corrected chi connectivity index (χ0v) is 20.3. The molecule has 8 heteroatoms. The first-order chi connectivity index (χ1) is 15.0. The Balaban J connectivity index is 3.11. The summed E-state index contributed by atoms with van der Waals surface area (Å²) in [6.45, 7) is 11.5. The average molecular weight is 450 g/mol. The van der Waals surface area contributed by atoms with Gasteiger partial charge in [-0.1, -0.05) is 32.8 Å². The number of hydrogen-bond acceptors (Lipinski definition) is 5. The van der Waals surface area contributed by atoms with Crippen molar-refractivity contribution >= 4 is 17.9 Å². The molecule has 3 amide bonds. The number of unbranched alkanes of at least 4 members (excludes halogenated alkanes) is 2. The Hall–Kier alpha value is -2.77. The van der Waals surface area contributed by atoms with Crippen LogP contribution in [0.25, 0.3) is 0 Å². The number of aromatic hydroxyl groups is 1. The van der Waals surface area contributed by atoms with Crippen LogP contribution in [-0.4, -0.2) is 53.1 Å². The summed E-state index contributed by atoms with van der Waals surface area (Å²) < 4.78 is 5.20. The van der Waals surface area contributed by atoms with Crippen molar-refractivity contribution < 1.29 is 24.2 Å². The van der Waals surface area contributed by atoms with Crippen molar-refractivity contribution in [2.24, 2.45) is 0 Å². The van der Waals surface area contributed by atoms with Gasteiger partial charge in [0.05, 0.1) is 0 Å². The van der Waals surface area contributed by atoms with E-state index < -0.39 is 23.6 Å². The molecule has 0 aliphatic rings. The fourth-order valence-electron chi connectivity index (χ4n) is 3.21. The second-order valence-electron chi connectivity index (χ2n) is 8.89. The third kappa shape index (κ3) is 9.16. The van der Waals surface area contributed by atoms with E-state index in [1.807, 2.05) is 6.92 Å². The van der Waals surface area contributed by atoms with E-state index in [1.54, 1.807) is 39.8 Å². The second kappa shape index (κ2) is 12.9. The summed E-state index contributed by atoms with van der Waals surface area (Å²) in [5, 5.41) is 15.3. The van der Waals surface area contributed by atoms with Gasteiger partial charge in [0, 0.05) is 13.1 Å². The lowest BCUT2D eigenvalue weighted by atomic mass is 10.0. The summed E-state index contributed by atoms with van der Waals surface area (Å²) in [5.41, 5.74) is 0.537. The third-order valence-corrected chi connectivity index (χ3v) is 4.74. The highest BCUT2D eigenvalue weighted by molar-refractivity contribution is 5.90. The van der Waals surface area contributed by atoms with Crippen LogP contribution < -0.4 is 10.6 Å².